The second-order valence-electron chi connectivity index (χ2n) is 8.89. The Labute approximate surface area is 150 Å². The number of hydrogen-bond acceptors (Lipinski definition) is 6. The molecule has 2 saturated heterocycles. The summed E-state index contributed by atoms with van der Waals surface area (Å²) in [4.78, 5) is 12.5. The Balaban J connectivity index is 1.37. The van der Waals surface area contributed by atoms with Crippen LogP contribution in [0.4, 0.5) is 0 Å². The maximum absolute atomic E-state index is 12.1. The summed E-state index contributed by atoms with van der Waals surface area (Å²) < 4.78 is 18.9. The molecule has 3 atom stereocenters. The van der Waals surface area contributed by atoms with Crippen LogP contribution < -0.4 is 0 Å². The molecule has 7 heteroatoms. The van der Waals surface area contributed by atoms with E-state index in [9.17, 15) is 4.79 Å². The molecule has 2 aliphatic heterocycles. The van der Waals surface area contributed by atoms with Gasteiger partial charge in [0, 0.05) is 11.8 Å². The first kappa shape index (κ1) is 15.1. The van der Waals surface area contributed by atoms with E-state index in [0.717, 1.165) is 23.6 Å². The number of ether oxygens (including phenoxy) is 2. The number of nitrogens with zero attached hydrogens (tertiary/aromatic N) is 2. The lowest BCUT2D eigenvalue weighted by Gasteiger charge is -2.55. The van der Waals surface area contributed by atoms with Crippen LogP contribution in [0.5, 0.6) is 0 Å². The molecule has 6 bridgehead atoms. The normalized spacial score (nSPS) is 47.6. The molecule has 3 unspecified atom stereocenters. The number of fused-ring (bicyclic) bond motifs is 2. The molecule has 6 fully saturated rings. The summed E-state index contributed by atoms with van der Waals surface area (Å²) in [5.74, 6) is 3.25. The van der Waals surface area contributed by atoms with E-state index in [1.54, 1.807) is 4.68 Å². The van der Waals surface area contributed by atoms with E-state index in [1.165, 1.54) is 38.5 Å². The van der Waals surface area contributed by atoms with Gasteiger partial charge in [-0.3, -0.25) is 4.79 Å². The van der Waals surface area contributed by atoms with Crippen LogP contribution in [-0.2, 0) is 19.7 Å². The molecule has 25 heavy (non-hydrogen) atoms. The molecule has 0 radical (unpaired) electrons. The van der Waals surface area contributed by atoms with Gasteiger partial charge in [0.1, 0.15) is 6.10 Å². The third-order valence-corrected chi connectivity index (χ3v) is 7.46. The lowest BCUT2D eigenvalue weighted by atomic mass is 9.49. The fourth-order valence-electron chi connectivity index (χ4n) is 6.55. The van der Waals surface area contributed by atoms with Crippen LogP contribution in [0, 0.1) is 22.6 Å². The number of Topliss-reactive ketones (excluding diaryl/α,β-unsaturated/α-hetero) is 1. The van der Waals surface area contributed by atoms with Crippen molar-refractivity contribution in [1.82, 2.24) is 9.78 Å². The van der Waals surface area contributed by atoms with Crippen LogP contribution in [0.3, 0.4) is 0 Å². The van der Waals surface area contributed by atoms with E-state index in [2.05, 4.69) is 0 Å². The average molecular weight is 362 g/mol. The predicted octanol–water partition coefficient (Wildman–Crippen LogP) is 2.93. The first-order valence-corrected chi connectivity index (χ1v) is 9.90. The Morgan fingerprint density at radius 2 is 1.80 bits per heavy atom. The summed E-state index contributed by atoms with van der Waals surface area (Å²) in [5.41, 5.74) is 0.0712. The molecule has 1 aromatic heterocycles. The van der Waals surface area contributed by atoms with Gasteiger partial charge in [-0.1, -0.05) is 0 Å². The monoisotopic (exact) mass is 362 g/mol. The Bertz CT molecular complexity index is 764. The third-order valence-electron chi connectivity index (χ3n) is 7.19. The summed E-state index contributed by atoms with van der Waals surface area (Å²) in [6.07, 6.45) is 7.20. The topological polar surface area (TPSA) is 66.5 Å². The standard InChI is InChI=1S/C18H22N2O4S/c21-13-4-12(14-8-22-15(13)23-14)20-17(25)24-16(19-20)18-5-9-1-10(6-18)3-11(2-9)7-18/h9-12,14-15H,1-8H2. The quantitative estimate of drug-likeness (QED) is 0.754. The Morgan fingerprint density at radius 3 is 2.48 bits per heavy atom. The van der Waals surface area contributed by atoms with Gasteiger partial charge in [-0.15, -0.1) is 5.10 Å². The molecule has 7 rings (SSSR count). The van der Waals surface area contributed by atoms with E-state index in [1.807, 2.05) is 0 Å². The fraction of sp³-hybridized carbons (Fsp3) is 0.833. The number of carbonyl (C=O) groups is 1. The highest BCUT2D eigenvalue weighted by Gasteiger charge is 2.54. The molecule has 0 aromatic carbocycles. The van der Waals surface area contributed by atoms with Crippen molar-refractivity contribution in [2.45, 2.75) is 68.8 Å². The van der Waals surface area contributed by atoms with Gasteiger partial charge in [0.15, 0.2) is 5.78 Å². The van der Waals surface area contributed by atoms with Crippen LogP contribution in [0.2, 0.25) is 0 Å². The molecule has 4 aliphatic carbocycles. The van der Waals surface area contributed by atoms with Crippen LogP contribution in [0.25, 0.3) is 0 Å². The van der Waals surface area contributed by atoms with Crippen LogP contribution >= 0.6 is 12.2 Å². The fourth-order valence-corrected chi connectivity index (χ4v) is 6.81. The van der Waals surface area contributed by atoms with Gasteiger partial charge in [0.2, 0.25) is 12.2 Å². The molecule has 0 spiro atoms. The van der Waals surface area contributed by atoms with Gasteiger partial charge in [-0.2, -0.15) is 0 Å². The second kappa shape index (κ2) is 5.02. The van der Waals surface area contributed by atoms with Crippen LogP contribution in [-0.4, -0.2) is 34.6 Å². The van der Waals surface area contributed by atoms with E-state index in [-0.39, 0.29) is 23.3 Å². The van der Waals surface area contributed by atoms with Crippen LogP contribution in [0.1, 0.15) is 56.9 Å². The van der Waals surface area contributed by atoms with Crippen LogP contribution in [0.15, 0.2) is 4.42 Å². The number of hydrogen-bond donors (Lipinski definition) is 0. The molecule has 6 aliphatic rings. The van der Waals surface area contributed by atoms with Crippen molar-refractivity contribution in [3.8, 4) is 0 Å². The van der Waals surface area contributed by atoms with Gasteiger partial charge in [-0.05, 0) is 68.5 Å². The molecule has 6 nitrogen and oxygen atoms in total. The largest absolute Gasteiger partial charge is 0.413 e. The van der Waals surface area contributed by atoms with Crippen molar-refractivity contribution in [3.63, 3.8) is 0 Å². The Hall–Kier alpha value is -1.05. The SMILES string of the molecule is O=C1CC(n2nc(C34CC5CC(CC(C5)C3)C4)oc2=S)C2COC1O2. The van der Waals surface area contributed by atoms with E-state index >= 15 is 0 Å². The van der Waals surface area contributed by atoms with Gasteiger partial charge < -0.3 is 13.9 Å². The van der Waals surface area contributed by atoms with Gasteiger partial charge in [0.25, 0.3) is 4.84 Å². The average Bonchev–Trinajstić information content (AvgIpc) is 3.16. The lowest BCUT2D eigenvalue weighted by Crippen LogP contribution is -2.48. The molecule has 4 saturated carbocycles. The number of ketones is 1. The summed E-state index contributed by atoms with van der Waals surface area (Å²) in [5, 5.41) is 4.83. The molecule has 0 amide bonds. The maximum atomic E-state index is 12.1. The molecule has 3 heterocycles. The molecule has 0 N–H and O–H groups in total. The highest BCUT2D eigenvalue weighted by Crippen LogP contribution is 2.60. The van der Waals surface area contributed by atoms with Gasteiger partial charge in [-0.25, -0.2) is 4.68 Å². The Morgan fingerprint density at radius 1 is 1.12 bits per heavy atom. The highest BCUT2D eigenvalue weighted by molar-refractivity contribution is 7.71. The molecular weight excluding hydrogens is 340 g/mol. The third kappa shape index (κ3) is 2.12. The highest BCUT2D eigenvalue weighted by atomic mass is 32.1. The first-order chi connectivity index (χ1) is 12.1. The minimum absolute atomic E-state index is 0.0278. The summed E-state index contributed by atoms with van der Waals surface area (Å²) in [7, 11) is 0. The molecule has 1 aromatic rings. The smallest absolute Gasteiger partial charge is 0.287 e. The van der Waals surface area contributed by atoms with E-state index in [0.29, 0.717) is 17.9 Å². The number of rotatable bonds is 2. The summed E-state index contributed by atoms with van der Waals surface area (Å²) in [6.45, 7) is 0.419. The zero-order chi connectivity index (χ0) is 16.8. The van der Waals surface area contributed by atoms with Crippen molar-refractivity contribution in [3.05, 3.63) is 10.7 Å². The number of aromatic nitrogens is 2. The summed E-state index contributed by atoms with van der Waals surface area (Å²) in [6, 6.07) is -0.204. The Kier molecular flexibility index (Phi) is 3.02. The molecular formula is C18H22N2O4S. The maximum Gasteiger partial charge on any atom is 0.287 e. The minimum Gasteiger partial charge on any atom is -0.413 e. The van der Waals surface area contributed by atoms with Crippen molar-refractivity contribution >= 4 is 18.0 Å². The van der Waals surface area contributed by atoms with Crippen molar-refractivity contribution < 1.29 is 18.7 Å². The summed E-state index contributed by atoms with van der Waals surface area (Å²) >= 11 is 5.49. The van der Waals surface area contributed by atoms with Crippen molar-refractivity contribution in [1.29, 1.82) is 0 Å². The zero-order valence-electron chi connectivity index (χ0n) is 14.1. The van der Waals surface area contributed by atoms with Gasteiger partial charge in [0.05, 0.1) is 12.6 Å². The zero-order valence-corrected chi connectivity index (χ0v) is 14.9. The lowest BCUT2D eigenvalue weighted by molar-refractivity contribution is -0.156. The predicted molar refractivity (Wildman–Crippen MR) is 88.5 cm³/mol. The minimum atomic E-state index is -0.690. The number of carbonyl (C=O) groups excluding carboxylic acids is 1. The van der Waals surface area contributed by atoms with Crippen molar-refractivity contribution in [2.24, 2.45) is 17.8 Å². The van der Waals surface area contributed by atoms with Gasteiger partial charge >= 0.3 is 0 Å². The molecule has 134 valence electrons. The van der Waals surface area contributed by atoms with E-state index < -0.39 is 6.29 Å². The van der Waals surface area contributed by atoms with Crippen molar-refractivity contribution in [2.75, 3.05) is 6.61 Å². The first-order valence-electron chi connectivity index (χ1n) is 9.49. The second-order valence-corrected chi connectivity index (χ2v) is 9.24. The van der Waals surface area contributed by atoms with E-state index in [4.69, 9.17) is 31.2 Å².